The summed E-state index contributed by atoms with van der Waals surface area (Å²) in [4.78, 5) is 15.1. The van der Waals surface area contributed by atoms with Crippen molar-refractivity contribution in [2.45, 2.75) is 30.8 Å². The second kappa shape index (κ2) is 5.86. The molecule has 1 atom stereocenters. The van der Waals surface area contributed by atoms with Crippen molar-refractivity contribution in [2.75, 3.05) is 13.1 Å². The summed E-state index contributed by atoms with van der Waals surface area (Å²) in [5.74, 6) is -0.150. The van der Waals surface area contributed by atoms with Crippen LogP contribution in [0.25, 0.3) is 0 Å². The van der Waals surface area contributed by atoms with Gasteiger partial charge in [0.05, 0.1) is 5.69 Å². The second-order valence-electron chi connectivity index (χ2n) is 4.74. The van der Waals surface area contributed by atoms with Crippen LogP contribution in [0.15, 0.2) is 23.2 Å². The lowest BCUT2D eigenvalue weighted by Crippen LogP contribution is -2.37. The van der Waals surface area contributed by atoms with Crippen LogP contribution in [-0.4, -0.2) is 42.7 Å². The first kappa shape index (κ1) is 14.9. The van der Waals surface area contributed by atoms with Gasteiger partial charge in [-0.2, -0.15) is 4.31 Å². The van der Waals surface area contributed by atoms with Gasteiger partial charge in [0, 0.05) is 38.8 Å². The summed E-state index contributed by atoms with van der Waals surface area (Å²) >= 11 is 0. The van der Waals surface area contributed by atoms with Gasteiger partial charge in [-0.25, -0.2) is 8.42 Å². The quantitative estimate of drug-likeness (QED) is 0.775. The van der Waals surface area contributed by atoms with Crippen LogP contribution < -0.4 is 11.1 Å². The summed E-state index contributed by atoms with van der Waals surface area (Å²) in [5.41, 5.74) is 6.07. The van der Waals surface area contributed by atoms with Crippen LogP contribution in [0.5, 0.6) is 0 Å². The summed E-state index contributed by atoms with van der Waals surface area (Å²) in [7, 11) is -3.55. The third-order valence-corrected chi connectivity index (χ3v) is 5.05. The number of hydrogen-bond acceptors (Lipinski definition) is 5. The molecule has 1 unspecified atom stereocenters. The maximum Gasteiger partial charge on any atom is 0.244 e. The number of rotatable bonds is 4. The predicted octanol–water partition coefficient (Wildman–Crippen LogP) is -0.561. The molecule has 1 aliphatic rings. The van der Waals surface area contributed by atoms with Crippen molar-refractivity contribution in [1.82, 2.24) is 14.6 Å². The van der Waals surface area contributed by atoms with Crippen LogP contribution in [-0.2, 0) is 21.4 Å². The van der Waals surface area contributed by atoms with E-state index in [4.69, 9.17) is 5.73 Å². The summed E-state index contributed by atoms with van der Waals surface area (Å²) in [5, 5.41) is 2.74. The normalized spacial score (nSPS) is 20.0. The lowest BCUT2D eigenvalue weighted by Gasteiger charge is -2.16. The Hall–Kier alpha value is -1.51. The number of aromatic nitrogens is 1. The number of pyridine rings is 1. The van der Waals surface area contributed by atoms with E-state index in [1.54, 1.807) is 6.07 Å². The van der Waals surface area contributed by atoms with Gasteiger partial charge in [0.2, 0.25) is 15.9 Å². The first-order chi connectivity index (χ1) is 9.43. The van der Waals surface area contributed by atoms with E-state index in [1.165, 1.54) is 23.5 Å². The fraction of sp³-hybridized carbons (Fsp3) is 0.500. The number of sulfonamides is 1. The number of nitrogens with two attached hydrogens (primary N) is 1. The van der Waals surface area contributed by atoms with Gasteiger partial charge in [0.1, 0.15) is 4.90 Å². The van der Waals surface area contributed by atoms with Crippen molar-refractivity contribution >= 4 is 15.9 Å². The molecule has 20 heavy (non-hydrogen) atoms. The van der Waals surface area contributed by atoms with Gasteiger partial charge in [0.15, 0.2) is 0 Å². The highest BCUT2D eigenvalue weighted by atomic mass is 32.2. The van der Waals surface area contributed by atoms with Gasteiger partial charge in [-0.15, -0.1) is 0 Å². The molecule has 1 saturated heterocycles. The van der Waals surface area contributed by atoms with Crippen molar-refractivity contribution in [1.29, 1.82) is 0 Å². The summed E-state index contributed by atoms with van der Waals surface area (Å²) in [6.07, 6.45) is 1.94. The first-order valence-corrected chi connectivity index (χ1v) is 7.79. The van der Waals surface area contributed by atoms with Crippen molar-refractivity contribution in [3.63, 3.8) is 0 Å². The fourth-order valence-corrected chi connectivity index (χ4v) is 3.63. The Bertz CT molecular complexity index is 585. The van der Waals surface area contributed by atoms with Gasteiger partial charge in [0.25, 0.3) is 0 Å². The number of carbonyl (C=O) groups excluding carboxylic acids is 1. The Labute approximate surface area is 118 Å². The monoisotopic (exact) mass is 298 g/mol. The van der Waals surface area contributed by atoms with Crippen LogP contribution in [0.1, 0.15) is 19.0 Å². The molecule has 1 aliphatic heterocycles. The molecule has 1 aromatic rings. The van der Waals surface area contributed by atoms with Crippen LogP contribution in [0.2, 0.25) is 0 Å². The Balaban J connectivity index is 2.12. The standard InChI is InChI=1S/C12H18N4O3S/c1-9(17)15-11-4-5-16(8-11)20(18,19)12-3-2-10(6-13)14-7-12/h2-3,7,11H,4-6,8,13H2,1H3,(H,15,17). The molecule has 1 fully saturated rings. The largest absolute Gasteiger partial charge is 0.352 e. The predicted molar refractivity (Wildman–Crippen MR) is 73.1 cm³/mol. The summed E-state index contributed by atoms with van der Waals surface area (Å²) < 4.78 is 26.2. The molecule has 7 nitrogen and oxygen atoms in total. The van der Waals surface area contributed by atoms with E-state index in [0.717, 1.165) is 0 Å². The zero-order chi connectivity index (χ0) is 14.8. The first-order valence-electron chi connectivity index (χ1n) is 6.35. The Morgan fingerprint density at radius 1 is 1.55 bits per heavy atom. The minimum Gasteiger partial charge on any atom is -0.352 e. The second-order valence-corrected chi connectivity index (χ2v) is 6.68. The number of hydrogen-bond donors (Lipinski definition) is 2. The maximum absolute atomic E-state index is 12.4. The Morgan fingerprint density at radius 2 is 2.30 bits per heavy atom. The number of amides is 1. The number of nitrogens with one attached hydrogen (secondary N) is 1. The molecular weight excluding hydrogens is 280 g/mol. The zero-order valence-corrected chi connectivity index (χ0v) is 12.1. The van der Waals surface area contributed by atoms with Gasteiger partial charge >= 0.3 is 0 Å². The highest BCUT2D eigenvalue weighted by Crippen LogP contribution is 2.20. The van der Waals surface area contributed by atoms with E-state index < -0.39 is 10.0 Å². The highest BCUT2D eigenvalue weighted by molar-refractivity contribution is 7.89. The van der Waals surface area contributed by atoms with Crippen LogP contribution in [0.3, 0.4) is 0 Å². The molecule has 2 rings (SSSR count). The number of nitrogens with zero attached hydrogens (tertiary/aromatic N) is 2. The topological polar surface area (TPSA) is 105 Å². The molecule has 3 N–H and O–H groups in total. The molecule has 0 saturated carbocycles. The highest BCUT2D eigenvalue weighted by Gasteiger charge is 2.32. The van der Waals surface area contributed by atoms with E-state index in [1.807, 2.05) is 0 Å². The van der Waals surface area contributed by atoms with Gasteiger partial charge in [-0.05, 0) is 18.6 Å². The third-order valence-electron chi connectivity index (χ3n) is 3.20. The minimum absolute atomic E-state index is 0.126. The molecule has 1 aromatic heterocycles. The molecule has 2 heterocycles. The molecule has 0 spiro atoms. The summed E-state index contributed by atoms with van der Waals surface area (Å²) in [6, 6.07) is 2.99. The Kier molecular flexibility index (Phi) is 4.36. The van der Waals surface area contributed by atoms with Crippen LogP contribution in [0, 0.1) is 0 Å². The smallest absolute Gasteiger partial charge is 0.244 e. The molecule has 0 aliphatic carbocycles. The third kappa shape index (κ3) is 3.14. The fourth-order valence-electron chi connectivity index (χ4n) is 2.19. The molecule has 110 valence electrons. The molecular formula is C12H18N4O3S. The SMILES string of the molecule is CC(=O)NC1CCN(S(=O)(=O)c2ccc(CN)nc2)C1. The lowest BCUT2D eigenvalue weighted by molar-refractivity contribution is -0.119. The van der Waals surface area contributed by atoms with E-state index in [2.05, 4.69) is 10.3 Å². The molecule has 8 heteroatoms. The lowest BCUT2D eigenvalue weighted by atomic mass is 10.3. The van der Waals surface area contributed by atoms with E-state index in [-0.39, 0.29) is 23.4 Å². The zero-order valence-electron chi connectivity index (χ0n) is 11.2. The van der Waals surface area contributed by atoms with Crippen LogP contribution >= 0.6 is 0 Å². The Morgan fingerprint density at radius 3 is 2.85 bits per heavy atom. The average Bonchev–Trinajstić information content (AvgIpc) is 2.87. The molecule has 0 radical (unpaired) electrons. The van der Waals surface area contributed by atoms with Gasteiger partial charge in [-0.1, -0.05) is 0 Å². The van der Waals surface area contributed by atoms with Gasteiger partial charge in [-0.3, -0.25) is 9.78 Å². The molecule has 0 aromatic carbocycles. The molecule has 0 bridgehead atoms. The van der Waals surface area contributed by atoms with E-state index >= 15 is 0 Å². The minimum atomic E-state index is -3.55. The molecule has 1 amide bonds. The van der Waals surface area contributed by atoms with Crippen LogP contribution in [0.4, 0.5) is 0 Å². The average molecular weight is 298 g/mol. The van der Waals surface area contributed by atoms with Crippen molar-refractivity contribution < 1.29 is 13.2 Å². The number of carbonyl (C=O) groups is 1. The van der Waals surface area contributed by atoms with E-state index in [0.29, 0.717) is 25.2 Å². The van der Waals surface area contributed by atoms with Crippen molar-refractivity contribution in [3.8, 4) is 0 Å². The summed E-state index contributed by atoms with van der Waals surface area (Å²) in [6.45, 7) is 2.38. The van der Waals surface area contributed by atoms with E-state index in [9.17, 15) is 13.2 Å². The maximum atomic E-state index is 12.4. The van der Waals surface area contributed by atoms with Crippen molar-refractivity contribution in [2.24, 2.45) is 5.73 Å². The van der Waals surface area contributed by atoms with Crippen molar-refractivity contribution in [3.05, 3.63) is 24.0 Å². The van der Waals surface area contributed by atoms with Gasteiger partial charge < -0.3 is 11.1 Å².